The van der Waals surface area contributed by atoms with E-state index in [0.29, 0.717) is 24.2 Å². The Morgan fingerprint density at radius 2 is 2.38 bits per heavy atom. The fourth-order valence-corrected chi connectivity index (χ4v) is 1.51. The summed E-state index contributed by atoms with van der Waals surface area (Å²) in [4.78, 5) is 22.3. The smallest absolute Gasteiger partial charge is 0.339 e. The lowest BCUT2D eigenvalue weighted by Gasteiger charge is -1.93. The number of Topliss-reactive ketones (excluding diaryl/α,β-unsaturated/α-hetero) is 1. The van der Waals surface area contributed by atoms with Crippen molar-refractivity contribution in [1.82, 2.24) is 4.57 Å². The van der Waals surface area contributed by atoms with E-state index < -0.39 is 5.97 Å². The zero-order valence-electron chi connectivity index (χ0n) is 7.24. The van der Waals surface area contributed by atoms with Gasteiger partial charge in [-0.15, -0.1) is 0 Å². The van der Waals surface area contributed by atoms with Crippen LogP contribution in [0.25, 0.3) is 0 Å². The van der Waals surface area contributed by atoms with Gasteiger partial charge in [0, 0.05) is 19.2 Å². The molecular formula is C9H9NO3. The van der Waals surface area contributed by atoms with E-state index in [1.54, 1.807) is 16.8 Å². The highest BCUT2D eigenvalue weighted by Crippen LogP contribution is 2.18. The highest BCUT2D eigenvalue weighted by molar-refractivity contribution is 5.99. The number of rotatable bonds is 1. The van der Waals surface area contributed by atoms with Crippen molar-refractivity contribution in [2.45, 2.75) is 13.0 Å². The first-order valence-electron chi connectivity index (χ1n) is 4.04. The van der Waals surface area contributed by atoms with Crippen LogP contribution in [0.5, 0.6) is 0 Å². The topological polar surface area (TPSA) is 48.3 Å². The number of hydrogen-bond donors (Lipinski definition) is 0. The van der Waals surface area contributed by atoms with Crippen molar-refractivity contribution >= 4 is 11.8 Å². The Bertz CT molecular complexity index is 378. The molecule has 0 saturated heterocycles. The summed E-state index contributed by atoms with van der Waals surface area (Å²) in [5.41, 5.74) is 1.06. The summed E-state index contributed by atoms with van der Waals surface area (Å²) in [6.07, 6.45) is 2.20. The van der Waals surface area contributed by atoms with Crippen LogP contribution >= 0.6 is 0 Å². The zero-order valence-corrected chi connectivity index (χ0v) is 7.24. The standard InChI is InChI=1S/C9H9NO3/c1-13-9(12)6-4-7-8(11)2-3-10(7)5-6/h4-5H,2-3H2,1H3. The van der Waals surface area contributed by atoms with Gasteiger partial charge in [0.2, 0.25) is 0 Å². The molecule has 0 bridgehead atoms. The number of ketones is 1. The van der Waals surface area contributed by atoms with E-state index in [1.807, 2.05) is 0 Å². The van der Waals surface area contributed by atoms with Gasteiger partial charge in [0.15, 0.2) is 5.78 Å². The third-order valence-electron chi connectivity index (χ3n) is 2.18. The minimum atomic E-state index is -0.394. The van der Waals surface area contributed by atoms with Crippen LogP contribution in [0.2, 0.25) is 0 Å². The van der Waals surface area contributed by atoms with Gasteiger partial charge in [-0.25, -0.2) is 4.79 Å². The number of fused-ring (bicyclic) bond motifs is 1. The highest BCUT2D eigenvalue weighted by atomic mass is 16.5. The van der Waals surface area contributed by atoms with E-state index in [4.69, 9.17) is 0 Å². The fraction of sp³-hybridized carbons (Fsp3) is 0.333. The van der Waals surface area contributed by atoms with Gasteiger partial charge in [0.05, 0.1) is 18.4 Å². The molecule has 0 unspecified atom stereocenters. The summed E-state index contributed by atoms with van der Waals surface area (Å²) >= 11 is 0. The minimum absolute atomic E-state index is 0.0927. The number of hydrogen-bond acceptors (Lipinski definition) is 3. The van der Waals surface area contributed by atoms with Crippen molar-refractivity contribution in [2.75, 3.05) is 7.11 Å². The molecule has 1 aromatic heterocycles. The van der Waals surface area contributed by atoms with Crippen molar-refractivity contribution in [3.63, 3.8) is 0 Å². The molecule has 1 aliphatic rings. The third-order valence-corrected chi connectivity index (χ3v) is 2.18. The molecule has 13 heavy (non-hydrogen) atoms. The Kier molecular flexibility index (Phi) is 1.69. The Morgan fingerprint density at radius 1 is 1.62 bits per heavy atom. The molecule has 0 atom stereocenters. The molecule has 0 saturated carbocycles. The van der Waals surface area contributed by atoms with Crippen molar-refractivity contribution in [2.24, 2.45) is 0 Å². The maximum atomic E-state index is 11.2. The number of ether oxygens (including phenoxy) is 1. The maximum Gasteiger partial charge on any atom is 0.339 e. The molecule has 1 aliphatic heterocycles. The molecule has 0 radical (unpaired) electrons. The van der Waals surface area contributed by atoms with Gasteiger partial charge in [-0.2, -0.15) is 0 Å². The van der Waals surface area contributed by atoms with Crippen LogP contribution in [0.15, 0.2) is 12.3 Å². The number of carbonyl (C=O) groups is 2. The molecule has 4 nitrogen and oxygen atoms in total. The van der Waals surface area contributed by atoms with E-state index in [1.165, 1.54) is 7.11 Å². The molecule has 4 heteroatoms. The van der Waals surface area contributed by atoms with Crippen LogP contribution in [0.3, 0.4) is 0 Å². The molecule has 0 amide bonds. The van der Waals surface area contributed by atoms with Gasteiger partial charge in [0.1, 0.15) is 0 Å². The molecule has 1 aromatic rings. The number of carbonyl (C=O) groups excluding carboxylic acids is 2. The minimum Gasteiger partial charge on any atom is -0.465 e. The lowest BCUT2D eigenvalue weighted by atomic mass is 10.2. The largest absolute Gasteiger partial charge is 0.465 e. The van der Waals surface area contributed by atoms with Crippen molar-refractivity contribution < 1.29 is 14.3 Å². The predicted molar refractivity (Wildman–Crippen MR) is 44.7 cm³/mol. The van der Waals surface area contributed by atoms with E-state index in [2.05, 4.69) is 4.74 Å². The monoisotopic (exact) mass is 179 g/mol. The van der Waals surface area contributed by atoms with Crippen LogP contribution in [-0.4, -0.2) is 23.4 Å². The zero-order chi connectivity index (χ0) is 9.42. The van der Waals surface area contributed by atoms with E-state index in [-0.39, 0.29) is 5.78 Å². The Labute approximate surface area is 75.1 Å². The molecule has 0 aliphatic carbocycles. The normalized spacial score (nSPS) is 14.4. The number of esters is 1. The molecule has 0 spiro atoms. The summed E-state index contributed by atoms with van der Waals surface area (Å²) in [6.45, 7) is 0.672. The first kappa shape index (κ1) is 8.04. The quantitative estimate of drug-likeness (QED) is 0.601. The lowest BCUT2D eigenvalue weighted by Crippen LogP contribution is -2.00. The van der Waals surface area contributed by atoms with Gasteiger partial charge in [-0.05, 0) is 6.07 Å². The van der Waals surface area contributed by atoms with Crippen molar-refractivity contribution in [3.8, 4) is 0 Å². The van der Waals surface area contributed by atoms with Gasteiger partial charge in [-0.1, -0.05) is 0 Å². The molecular weight excluding hydrogens is 170 g/mol. The van der Waals surface area contributed by atoms with E-state index in [9.17, 15) is 9.59 Å². The summed E-state index contributed by atoms with van der Waals surface area (Å²) in [5, 5.41) is 0. The number of methoxy groups -OCH3 is 1. The second-order valence-corrected chi connectivity index (χ2v) is 2.97. The molecule has 0 N–H and O–H groups in total. The molecule has 0 aromatic carbocycles. The van der Waals surface area contributed by atoms with Crippen LogP contribution in [0.1, 0.15) is 27.3 Å². The van der Waals surface area contributed by atoms with Gasteiger partial charge < -0.3 is 9.30 Å². The summed E-state index contributed by atoms with van der Waals surface area (Å²) < 4.78 is 6.33. The van der Waals surface area contributed by atoms with Crippen LogP contribution in [-0.2, 0) is 11.3 Å². The molecule has 2 heterocycles. The van der Waals surface area contributed by atoms with Crippen LogP contribution in [0, 0.1) is 0 Å². The Hall–Kier alpha value is -1.58. The second kappa shape index (κ2) is 2.73. The maximum absolute atomic E-state index is 11.2. The van der Waals surface area contributed by atoms with Crippen molar-refractivity contribution in [1.29, 1.82) is 0 Å². The van der Waals surface area contributed by atoms with E-state index in [0.717, 1.165) is 0 Å². The number of nitrogens with zero attached hydrogens (tertiary/aromatic N) is 1. The molecule has 2 rings (SSSR count). The third kappa shape index (κ3) is 1.14. The average Bonchev–Trinajstić information content (AvgIpc) is 2.67. The van der Waals surface area contributed by atoms with Gasteiger partial charge >= 0.3 is 5.97 Å². The van der Waals surface area contributed by atoms with E-state index >= 15 is 0 Å². The Morgan fingerprint density at radius 3 is 3.00 bits per heavy atom. The highest BCUT2D eigenvalue weighted by Gasteiger charge is 2.22. The number of aromatic nitrogens is 1. The summed E-state index contributed by atoms with van der Waals surface area (Å²) in [6, 6.07) is 1.58. The van der Waals surface area contributed by atoms with Crippen LogP contribution < -0.4 is 0 Å². The predicted octanol–water partition coefficient (Wildman–Crippen LogP) is 0.861. The van der Waals surface area contributed by atoms with Crippen LogP contribution in [0.4, 0.5) is 0 Å². The molecule has 0 fully saturated rings. The fourth-order valence-electron chi connectivity index (χ4n) is 1.51. The molecule has 68 valence electrons. The summed E-state index contributed by atoms with van der Waals surface area (Å²) in [5.74, 6) is -0.301. The SMILES string of the molecule is COC(=O)c1cc2n(c1)CCC2=O. The lowest BCUT2D eigenvalue weighted by molar-refractivity contribution is 0.0600. The average molecular weight is 179 g/mol. The van der Waals surface area contributed by atoms with Gasteiger partial charge in [-0.3, -0.25) is 4.79 Å². The Balaban J connectivity index is 2.39. The number of aryl methyl sites for hydroxylation is 1. The first-order valence-corrected chi connectivity index (χ1v) is 4.04. The second-order valence-electron chi connectivity index (χ2n) is 2.97. The van der Waals surface area contributed by atoms with Crippen molar-refractivity contribution in [3.05, 3.63) is 23.5 Å². The van der Waals surface area contributed by atoms with Gasteiger partial charge in [0.25, 0.3) is 0 Å². The summed E-state index contributed by atoms with van der Waals surface area (Å²) in [7, 11) is 1.33. The first-order chi connectivity index (χ1) is 6.22.